The number of phenolic OH excluding ortho intramolecular Hbond substituents is 12. The van der Waals surface area contributed by atoms with Gasteiger partial charge in [0, 0.05) is 54.3 Å². The summed E-state index contributed by atoms with van der Waals surface area (Å²) in [5.74, 6) is -8.07. The Balaban J connectivity index is -0.000000552. The Hall–Kier alpha value is -5.24. The van der Waals surface area contributed by atoms with Gasteiger partial charge in [-0.15, -0.1) is 12.4 Å². The number of hydrogen-bond donors (Lipinski definition) is 14. The number of rotatable bonds is 4. The van der Waals surface area contributed by atoms with Crippen molar-refractivity contribution in [3.63, 3.8) is 0 Å². The van der Waals surface area contributed by atoms with Gasteiger partial charge in [0.1, 0.15) is 11.5 Å². The number of carbonyl (C=O) groups is 1. The number of nitrogens with two attached hydrogens (primary N) is 1. The van der Waals surface area contributed by atoms with Crippen LogP contribution < -0.4 is 15.2 Å². The van der Waals surface area contributed by atoms with Crippen molar-refractivity contribution in [2.75, 3.05) is 14.2 Å². The van der Waals surface area contributed by atoms with Gasteiger partial charge >= 0.3 is 5.97 Å². The van der Waals surface area contributed by atoms with Crippen LogP contribution in [0.5, 0.6) is 80.5 Å². The third-order valence-electron chi connectivity index (χ3n) is 5.25. The quantitative estimate of drug-likeness (QED) is 0.0810. The van der Waals surface area contributed by atoms with Crippen LogP contribution in [0.1, 0.15) is 15.9 Å². The molecule has 0 aromatic heterocycles. The summed E-state index contributed by atoms with van der Waals surface area (Å²) in [4.78, 5) is 10.3. The summed E-state index contributed by atoms with van der Waals surface area (Å²) >= 11 is 0. The van der Waals surface area contributed by atoms with Crippen molar-refractivity contribution in [3.8, 4) is 80.5 Å². The SMILES string of the molecule is COc1cc(O)c(O)cc1OC.Cl.NCc1cc(O)cc(O)c1.O.O=C(O)c1ccc(O)c(O)c1.Oc1c(O)c(O)c(O)c(O)c1O.[Na]. The molecule has 1 radical (unpaired) electrons. The van der Waals surface area contributed by atoms with Gasteiger partial charge in [0.2, 0.25) is 34.5 Å². The zero-order valence-electron chi connectivity index (χ0n) is 25.4. The van der Waals surface area contributed by atoms with Crippen LogP contribution in [0.25, 0.3) is 0 Å². The Morgan fingerprint density at radius 2 is 0.917 bits per heavy atom. The van der Waals surface area contributed by atoms with Crippen molar-refractivity contribution in [3.05, 3.63) is 59.7 Å². The molecule has 0 unspecified atom stereocenters. The number of hydrogen-bond acceptors (Lipinski definition) is 16. The van der Waals surface area contributed by atoms with Gasteiger partial charge in [0.15, 0.2) is 34.5 Å². The summed E-state index contributed by atoms with van der Waals surface area (Å²) in [6.07, 6.45) is 0. The second kappa shape index (κ2) is 21.5. The average Bonchev–Trinajstić information content (AvgIpc) is 3.00. The van der Waals surface area contributed by atoms with Gasteiger partial charge in [0.25, 0.3) is 0 Å². The van der Waals surface area contributed by atoms with Gasteiger partial charge in [-0.1, -0.05) is 0 Å². The zero-order valence-corrected chi connectivity index (χ0v) is 28.2. The van der Waals surface area contributed by atoms with Crippen molar-refractivity contribution in [1.82, 2.24) is 0 Å². The number of methoxy groups -OCH3 is 2. The molecular formula is C28H34ClNNaO17. The van der Waals surface area contributed by atoms with E-state index in [1.165, 1.54) is 50.6 Å². The first-order chi connectivity index (χ1) is 21.0. The molecule has 4 rings (SSSR count). The summed E-state index contributed by atoms with van der Waals surface area (Å²) in [5.41, 5.74) is 5.93. The molecule has 0 amide bonds. The minimum absolute atomic E-state index is 0. The average molecular weight is 715 g/mol. The standard InChI is InChI=1S/C8H10O4.C7H9NO2.C7H6O4.C6H6O6.ClH.Na.H2O/c1-11-7-3-5(9)6(10)4-8(7)12-2;8-4-5-1-6(9)3-7(10)2-5;8-5-2-1-4(7(10)11)3-6(5)9;7-1-2(8)4(10)6(12)5(11)3(1)9;;;/h3-4,9-10H,1-2H3;1-3,9-10H,4,8H2;1-3,8-9H,(H,10,11);7-12H;1H;;1H2. The van der Waals surface area contributed by atoms with Crippen LogP contribution in [-0.4, -0.2) is 122 Å². The van der Waals surface area contributed by atoms with E-state index in [0.717, 1.165) is 17.7 Å². The van der Waals surface area contributed by atoms with Crippen molar-refractivity contribution in [2.24, 2.45) is 5.73 Å². The summed E-state index contributed by atoms with van der Waals surface area (Å²) in [6.45, 7) is 0.321. The molecule has 18 nitrogen and oxygen atoms in total. The third-order valence-corrected chi connectivity index (χ3v) is 5.25. The van der Waals surface area contributed by atoms with E-state index in [1.807, 2.05) is 0 Å². The number of halogens is 1. The van der Waals surface area contributed by atoms with E-state index < -0.39 is 46.2 Å². The molecular weight excluding hydrogens is 681 g/mol. The third kappa shape index (κ3) is 13.2. The molecule has 20 heteroatoms. The summed E-state index contributed by atoms with van der Waals surface area (Å²) in [7, 11) is 2.91. The molecule has 261 valence electrons. The molecule has 0 spiro atoms. The number of carboxylic acid groups (broad SMARTS) is 1. The van der Waals surface area contributed by atoms with Crippen LogP contribution in [0, 0.1) is 0 Å². The van der Waals surface area contributed by atoms with E-state index in [4.69, 9.17) is 81.6 Å². The summed E-state index contributed by atoms with van der Waals surface area (Å²) in [5, 5.41) is 115. The maximum Gasteiger partial charge on any atom is 0.335 e. The van der Waals surface area contributed by atoms with E-state index in [2.05, 4.69) is 0 Å². The number of aromatic hydroxyl groups is 12. The smallest absolute Gasteiger partial charge is 0.335 e. The molecule has 0 saturated heterocycles. The number of aromatic carboxylic acids is 1. The first-order valence-corrected chi connectivity index (χ1v) is 12.0. The van der Waals surface area contributed by atoms with Gasteiger partial charge in [-0.3, -0.25) is 0 Å². The largest absolute Gasteiger partial charge is 0.508 e. The van der Waals surface area contributed by atoms with Crippen molar-refractivity contribution in [2.45, 2.75) is 6.54 Å². The summed E-state index contributed by atoms with van der Waals surface area (Å²) < 4.78 is 9.75. The minimum Gasteiger partial charge on any atom is -0.508 e. The molecule has 4 aromatic rings. The molecule has 0 fully saturated rings. The predicted molar refractivity (Wildman–Crippen MR) is 170 cm³/mol. The Kier molecular flexibility index (Phi) is 21.2. The van der Waals surface area contributed by atoms with E-state index in [0.29, 0.717) is 18.0 Å². The number of ether oxygens (including phenoxy) is 2. The van der Waals surface area contributed by atoms with Crippen LogP contribution in [0.15, 0.2) is 48.5 Å². The molecule has 0 heterocycles. The van der Waals surface area contributed by atoms with Gasteiger partial charge in [-0.2, -0.15) is 0 Å². The maximum atomic E-state index is 10.3. The van der Waals surface area contributed by atoms with Crippen LogP contribution >= 0.6 is 12.4 Å². The predicted octanol–water partition coefficient (Wildman–Crippen LogP) is 1.60. The second-order valence-corrected chi connectivity index (χ2v) is 8.36. The van der Waals surface area contributed by atoms with Crippen LogP contribution in [0.2, 0.25) is 0 Å². The first kappa shape index (κ1) is 47.2. The number of carboxylic acids is 1. The van der Waals surface area contributed by atoms with E-state index >= 15 is 0 Å². The molecule has 4 aromatic carbocycles. The Bertz CT molecular complexity index is 1480. The first-order valence-electron chi connectivity index (χ1n) is 12.0. The molecule has 17 N–H and O–H groups in total. The molecule has 0 saturated carbocycles. The minimum atomic E-state index is -1.14. The topological polar surface area (TPSA) is 356 Å². The molecule has 0 aliphatic carbocycles. The summed E-state index contributed by atoms with van der Waals surface area (Å²) in [6, 6.07) is 10.2. The zero-order chi connectivity index (χ0) is 34.6. The fraction of sp³-hybridized carbons (Fsp3) is 0.107. The van der Waals surface area contributed by atoms with Gasteiger partial charge in [-0.05, 0) is 35.9 Å². The Morgan fingerprint density at radius 1 is 0.583 bits per heavy atom. The molecule has 0 bridgehead atoms. The van der Waals surface area contributed by atoms with Gasteiger partial charge in [0.05, 0.1) is 19.8 Å². The van der Waals surface area contributed by atoms with E-state index in [-0.39, 0.29) is 81.8 Å². The normalized spacial score (nSPS) is 9.06. The fourth-order valence-electron chi connectivity index (χ4n) is 2.96. The second-order valence-electron chi connectivity index (χ2n) is 8.36. The molecule has 48 heavy (non-hydrogen) atoms. The Labute approximate surface area is 299 Å². The van der Waals surface area contributed by atoms with Crippen LogP contribution in [0.3, 0.4) is 0 Å². The number of benzene rings is 4. The van der Waals surface area contributed by atoms with Crippen molar-refractivity contribution in [1.29, 1.82) is 0 Å². The fourth-order valence-corrected chi connectivity index (χ4v) is 2.96. The monoisotopic (exact) mass is 714 g/mol. The van der Waals surface area contributed by atoms with Crippen LogP contribution in [-0.2, 0) is 6.54 Å². The van der Waals surface area contributed by atoms with Crippen LogP contribution in [0.4, 0.5) is 0 Å². The number of phenols is 12. The van der Waals surface area contributed by atoms with Gasteiger partial charge < -0.3 is 87.1 Å². The molecule has 0 aliphatic rings. The van der Waals surface area contributed by atoms with E-state index in [1.54, 1.807) is 0 Å². The van der Waals surface area contributed by atoms with E-state index in [9.17, 15) is 4.79 Å². The van der Waals surface area contributed by atoms with Gasteiger partial charge in [-0.25, -0.2) is 4.79 Å². The maximum absolute atomic E-state index is 10.3. The van der Waals surface area contributed by atoms with Crippen molar-refractivity contribution < 1.29 is 86.1 Å². The Morgan fingerprint density at radius 3 is 1.19 bits per heavy atom. The molecule has 0 aliphatic heterocycles. The van der Waals surface area contributed by atoms with Crippen molar-refractivity contribution >= 4 is 47.9 Å². The molecule has 0 atom stereocenters.